The van der Waals surface area contributed by atoms with Crippen LogP contribution in [0, 0.1) is 13.8 Å². The number of phenolic OH excluding ortho intramolecular Hbond substituents is 2. The number of amides is 4. The van der Waals surface area contributed by atoms with Crippen LogP contribution in [-0.2, 0) is 51.0 Å². The van der Waals surface area contributed by atoms with Crippen LogP contribution in [0.2, 0.25) is 0 Å². The number of phenols is 2. The molecule has 2 aliphatic heterocycles. The fraction of sp³-hybridized carbons (Fsp3) is 0.382. The molecular weight excluding hydrogens is 1310 g/mol. The Bertz CT molecular complexity index is 4170. The minimum absolute atomic E-state index is 0.0957. The van der Waals surface area contributed by atoms with Crippen molar-refractivity contribution in [3.63, 3.8) is 0 Å². The second-order valence-electron chi connectivity index (χ2n) is 23.1. The van der Waals surface area contributed by atoms with E-state index in [2.05, 4.69) is 46.2 Å². The Kier molecular flexibility index (Phi) is 23.9. The summed E-state index contributed by atoms with van der Waals surface area (Å²) in [5.74, 6) is -0.820. The van der Waals surface area contributed by atoms with Crippen molar-refractivity contribution in [2.75, 3.05) is 152 Å². The molecule has 0 aliphatic carbocycles. The number of methoxy groups -OCH3 is 2. The van der Waals surface area contributed by atoms with Gasteiger partial charge in [0.2, 0.25) is 0 Å². The molecular formula is C68H76Cl2N14O14. The van der Waals surface area contributed by atoms with Gasteiger partial charge in [-0.15, -0.1) is 33.4 Å². The number of anilines is 4. The third kappa shape index (κ3) is 16.5. The van der Waals surface area contributed by atoms with E-state index in [9.17, 15) is 29.4 Å². The zero-order valence-electron chi connectivity index (χ0n) is 54.6. The summed E-state index contributed by atoms with van der Waals surface area (Å²) >= 11 is 12.8. The molecule has 4 aromatic carbocycles. The van der Waals surface area contributed by atoms with Crippen LogP contribution in [0.15, 0.2) is 104 Å². The highest BCUT2D eigenvalue weighted by atomic mass is 35.5. The average molecular weight is 1380 g/mol. The number of aromatic hydroxyl groups is 2. The minimum Gasteiger partial charge on any atom is -0.507 e. The summed E-state index contributed by atoms with van der Waals surface area (Å²) in [6, 6.07) is 21.6. The van der Waals surface area contributed by atoms with Crippen LogP contribution in [0.5, 0.6) is 11.5 Å². The van der Waals surface area contributed by atoms with Gasteiger partial charge in [0.1, 0.15) is 34.2 Å². The summed E-state index contributed by atoms with van der Waals surface area (Å²) in [6.45, 7) is 12.2. The Labute approximate surface area is 572 Å². The molecule has 30 heteroatoms. The number of hydrogen-bond donors (Lipinski definition) is 5. The minimum atomic E-state index is -0.454. The summed E-state index contributed by atoms with van der Waals surface area (Å²) in [5.41, 5.74) is 7.92. The van der Waals surface area contributed by atoms with Crippen LogP contribution in [0.3, 0.4) is 0 Å². The molecule has 98 heavy (non-hydrogen) atoms. The van der Waals surface area contributed by atoms with Gasteiger partial charge in [0.25, 0.3) is 23.6 Å². The SMILES string of the molecule is COCCOCCOCCOCCn1cc(C(=O)Nc2ccc3nc(C(=O)N4C[C@@H](CCl)c5c4cc(O)c4cccc(C)c54)cn3c2)nn1.COCCOCCOCCOCCn1cc(C(=O)Nc2cnc3[nH]c(C(=O)N4C[C@@H](CCl)c5c4cc(O)c4cccc(C)c54)cc3c2)nn1. The largest absolute Gasteiger partial charge is 0.507 e. The van der Waals surface area contributed by atoms with E-state index in [1.165, 1.54) is 21.8 Å². The number of rotatable bonds is 32. The number of aromatic amines is 1. The highest BCUT2D eigenvalue weighted by Gasteiger charge is 2.38. The second-order valence-corrected chi connectivity index (χ2v) is 23.8. The number of carbonyl (C=O) groups excluding carboxylic acids is 4. The van der Waals surface area contributed by atoms with Crippen LogP contribution in [0.25, 0.3) is 38.2 Å². The number of carbonyl (C=O) groups is 4. The number of H-pyrrole nitrogens is 1. The molecule has 0 saturated carbocycles. The lowest BCUT2D eigenvalue weighted by Gasteiger charge is -2.18. The van der Waals surface area contributed by atoms with Crippen LogP contribution >= 0.6 is 23.2 Å². The van der Waals surface area contributed by atoms with E-state index in [1.54, 1.807) is 83.4 Å². The summed E-state index contributed by atoms with van der Waals surface area (Å²) in [7, 11) is 3.25. The molecule has 5 N–H and O–H groups in total. The van der Waals surface area contributed by atoms with Crippen molar-refractivity contribution in [1.82, 2.24) is 49.3 Å². The van der Waals surface area contributed by atoms with Gasteiger partial charge in [0, 0.05) is 91.6 Å². The molecule has 4 amide bonds. The molecule has 0 unspecified atom stereocenters. The van der Waals surface area contributed by atoms with Crippen molar-refractivity contribution in [3.8, 4) is 11.5 Å². The third-order valence-electron chi connectivity index (χ3n) is 16.5. The Morgan fingerprint density at radius 2 is 1.04 bits per heavy atom. The molecule has 2 aliphatic rings. The van der Waals surface area contributed by atoms with E-state index in [1.807, 2.05) is 50.2 Å². The number of fused-ring (bicyclic) bond motifs is 8. The fourth-order valence-corrected chi connectivity index (χ4v) is 12.3. The number of aryl methyl sites for hydroxylation is 2. The Morgan fingerprint density at radius 1 is 0.561 bits per heavy atom. The van der Waals surface area contributed by atoms with Gasteiger partial charge in [0.05, 0.1) is 147 Å². The van der Waals surface area contributed by atoms with Crippen molar-refractivity contribution in [3.05, 3.63) is 149 Å². The van der Waals surface area contributed by atoms with E-state index >= 15 is 0 Å². The zero-order valence-corrected chi connectivity index (χ0v) is 56.1. The van der Waals surface area contributed by atoms with Crippen molar-refractivity contribution in [2.45, 2.75) is 38.8 Å². The molecule has 12 rings (SSSR count). The lowest BCUT2D eigenvalue weighted by molar-refractivity contribution is 0.00244. The van der Waals surface area contributed by atoms with Crippen molar-refractivity contribution >= 4 is 108 Å². The van der Waals surface area contributed by atoms with Crippen molar-refractivity contribution in [1.29, 1.82) is 0 Å². The first-order valence-corrected chi connectivity index (χ1v) is 32.9. The third-order valence-corrected chi connectivity index (χ3v) is 17.3. The Balaban J connectivity index is 0.000000198. The summed E-state index contributed by atoms with van der Waals surface area (Å²) in [4.78, 5) is 68.8. The van der Waals surface area contributed by atoms with Gasteiger partial charge in [-0.1, -0.05) is 46.8 Å². The summed E-state index contributed by atoms with van der Waals surface area (Å²) in [5, 5.41) is 47.2. The van der Waals surface area contributed by atoms with E-state index in [0.29, 0.717) is 176 Å². The maximum absolute atomic E-state index is 13.8. The second kappa shape index (κ2) is 33.4. The van der Waals surface area contributed by atoms with E-state index in [0.717, 1.165) is 43.8 Å². The van der Waals surface area contributed by atoms with Gasteiger partial charge >= 0.3 is 0 Å². The number of pyridine rings is 2. The smallest absolute Gasteiger partial charge is 0.278 e. The number of imidazole rings is 1. The summed E-state index contributed by atoms with van der Waals surface area (Å²) in [6.07, 6.45) is 7.87. The topological polar surface area (TPSA) is 321 Å². The molecule has 0 saturated heterocycles. The molecule has 8 heterocycles. The van der Waals surface area contributed by atoms with Crippen LogP contribution in [0.4, 0.5) is 22.7 Å². The molecule has 516 valence electrons. The number of aromatic nitrogens is 10. The monoisotopic (exact) mass is 1380 g/mol. The highest BCUT2D eigenvalue weighted by molar-refractivity contribution is 6.20. The average Bonchev–Trinajstić information content (AvgIpc) is 1.54. The number of halogens is 2. The van der Waals surface area contributed by atoms with E-state index in [-0.39, 0.29) is 52.2 Å². The molecule has 0 bridgehead atoms. The number of nitrogens with one attached hydrogen (secondary N) is 3. The molecule has 10 aromatic rings. The predicted octanol–water partition coefficient (Wildman–Crippen LogP) is 8.28. The lowest BCUT2D eigenvalue weighted by Crippen LogP contribution is -2.30. The number of hydrogen-bond acceptors (Lipinski definition) is 20. The Hall–Kier alpha value is -9.20. The maximum atomic E-state index is 13.8. The first-order valence-electron chi connectivity index (χ1n) is 31.9. The number of ether oxygens (including phenoxy) is 8. The number of alkyl halides is 2. The summed E-state index contributed by atoms with van der Waals surface area (Å²) < 4.78 is 47.2. The molecule has 0 spiro atoms. The standard InChI is InChI=1S/2C34H38ClN7O7/c1-21-4-3-5-25-29(43)16-28-31(30(21)25)23(17-35)19-42(28)34(45)26-15-22-14-24(18-36-32(22)38-26)37-33(44)27-20-41(40-39-27)6-7-47-10-11-49-13-12-48-9-8-46-2;1-22-4-3-5-25-29(43)16-28-32(31(22)25)23(17-35)18-42(28)34(45)27-20-40-19-24(6-7-30(40)37-27)36-33(44)26-21-41(39-38-26)8-9-47-12-13-49-15-14-48-11-10-46-2/h3-5,14-16,18,20,23,43H,6-13,17,19H2,1-2H3,(H,36,38)(H,37,44);3-7,16,19-21,23,43H,8-15,17-18H2,1-2H3,(H,36,44)/t2*23-/m11/s1. The van der Waals surface area contributed by atoms with Gasteiger partial charge in [-0.2, -0.15) is 0 Å². The van der Waals surface area contributed by atoms with Crippen LogP contribution < -0.4 is 20.4 Å². The highest BCUT2D eigenvalue weighted by Crippen LogP contribution is 2.48. The number of benzene rings is 4. The molecule has 2 atom stereocenters. The van der Waals surface area contributed by atoms with Gasteiger partial charge in [-0.25, -0.2) is 19.3 Å². The van der Waals surface area contributed by atoms with E-state index in [4.69, 9.17) is 61.1 Å². The molecule has 0 radical (unpaired) electrons. The van der Waals surface area contributed by atoms with Gasteiger partial charge in [0.15, 0.2) is 11.4 Å². The molecule has 28 nitrogen and oxygen atoms in total. The van der Waals surface area contributed by atoms with Gasteiger partial charge < -0.3 is 77.9 Å². The lowest BCUT2D eigenvalue weighted by atomic mass is 9.92. The van der Waals surface area contributed by atoms with Crippen molar-refractivity contribution < 1.29 is 67.3 Å². The van der Waals surface area contributed by atoms with Crippen molar-refractivity contribution in [2.24, 2.45) is 0 Å². The quantitative estimate of drug-likeness (QED) is 0.0195. The van der Waals surface area contributed by atoms with E-state index < -0.39 is 11.8 Å². The maximum Gasteiger partial charge on any atom is 0.278 e. The first-order chi connectivity index (χ1) is 47.7. The normalized spacial score (nSPS) is 14.2. The zero-order chi connectivity index (χ0) is 68.7. The Morgan fingerprint density at radius 3 is 1.54 bits per heavy atom. The van der Waals surface area contributed by atoms with Crippen LogP contribution in [-0.4, -0.2) is 215 Å². The molecule has 0 fully saturated rings. The first kappa shape index (κ1) is 70.1. The number of nitrogens with zero attached hydrogens (tertiary/aromatic N) is 11. The predicted molar refractivity (Wildman–Crippen MR) is 367 cm³/mol. The van der Waals surface area contributed by atoms with Gasteiger partial charge in [-0.3, -0.25) is 19.2 Å². The fourth-order valence-electron chi connectivity index (χ4n) is 11.8. The molecule has 6 aromatic heterocycles. The van der Waals surface area contributed by atoms with Crippen LogP contribution in [0.1, 0.15) is 76.0 Å². The van der Waals surface area contributed by atoms with Gasteiger partial charge in [-0.05, 0) is 71.1 Å².